The van der Waals surface area contributed by atoms with Crippen LogP contribution in [0, 0.1) is 20.8 Å². The first-order valence-corrected chi connectivity index (χ1v) is 22.4. The molecule has 1 aromatic heterocycles. The maximum Gasteiger partial charge on any atom is 0.178 e. The van der Waals surface area contributed by atoms with Crippen LogP contribution in [-0.4, -0.2) is 13.2 Å². The smallest absolute Gasteiger partial charge is 0.178 e. The molecule has 3 heteroatoms. The number of benzene rings is 1. The number of ether oxygens (including phenoxy) is 2. The van der Waals surface area contributed by atoms with Gasteiger partial charge in [0.15, 0.2) is 29.4 Å². The molecule has 0 fully saturated rings. The van der Waals surface area contributed by atoms with Crippen LogP contribution in [0.3, 0.4) is 0 Å². The van der Waals surface area contributed by atoms with E-state index < -0.39 is 0 Å². The van der Waals surface area contributed by atoms with Gasteiger partial charge in [-0.05, 0) is 43.0 Å². The number of hydrogen-bond donors (Lipinski definition) is 0. The van der Waals surface area contributed by atoms with E-state index in [0.717, 1.165) is 50.5 Å². The van der Waals surface area contributed by atoms with Crippen LogP contribution in [0.5, 0.6) is 11.5 Å². The van der Waals surface area contributed by atoms with Gasteiger partial charge in [-0.2, -0.15) is 4.57 Å². The summed E-state index contributed by atoms with van der Waals surface area (Å²) in [6.07, 6.45) is 39.6. The highest BCUT2D eigenvalue weighted by Crippen LogP contribution is 2.30. The summed E-state index contributed by atoms with van der Waals surface area (Å²) in [5, 5.41) is 0. The van der Waals surface area contributed by atoms with Crippen molar-refractivity contribution in [1.82, 2.24) is 0 Å². The SMILES string of the molecule is CCCCCCCCCCCCCCCCOc1ccc(CC[n+]2c(C)cc(C)cc2C)cc1OCCCCCCCCCCCCCCCC. The molecule has 0 atom stereocenters. The lowest BCUT2D eigenvalue weighted by atomic mass is 10.0. The predicted molar refractivity (Wildman–Crippen MR) is 223 cm³/mol. The summed E-state index contributed by atoms with van der Waals surface area (Å²) in [6, 6.07) is 11.2. The zero-order chi connectivity index (χ0) is 36.6. The molecular weight excluding hydrogens is 623 g/mol. The van der Waals surface area contributed by atoms with Crippen molar-refractivity contribution in [1.29, 1.82) is 0 Å². The average molecular weight is 707 g/mol. The van der Waals surface area contributed by atoms with Crippen molar-refractivity contribution in [3.63, 3.8) is 0 Å². The molecule has 0 spiro atoms. The van der Waals surface area contributed by atoms with E-state index in [4.69, 9.17) is 9.47 Å². The maximum absolute atomic E-state index is 6.44. The standard InChI is InChI=1S/C48H84NO2/c1-6-8-10-12-14-16-18-20-22-24-26-28-30-32-38-50-47-35-34-46(36-37-49-44(4)40-43(3)41-45(49)5)42-48(47)51-39-33-31-29-27-25-23-21-19-17-15-13-11-9-7-2/h34-35,40-42H,6-33,36-39H2,1-5H3/q+1. The van der Waals surface area contributed by atoms with E-state index in [1.807, 2.05) is 0 Å². The van der Waals surface area contributed by atoms with Crippen LogP contribution in [0.2, 0.25) is 0 Å². The van der Waals surface area contributed by atoms with E-state index in [2.05, 4.69) is 69.5 Å². The summed E-state index contributed by atoms with van der Waals surface area (Å²) in [7, 11) is 0. The quantitative estimate of drug-likeness (QED) is 0.0526. The van der Waals surface area contributed by atoms with Gasteiger partial charge in [0.05, 0.1) is 13.2 Å². The highest BCUT2D eigenvalue weighted by atomic mass is 16.5. The Morgan fingerprint density at radius 2 is 0.765 bits per heavy atom. The van der Waals surface area contributed by atoms with Gasteiger partial charge in [0.1, 0.15) is 0 Å². The minimum atomic E-state index is 0.779. The second kappa shape index (κ2) is 31.5. The molecule has 2 aromatic rings. The van der Waals surface area contributed by atoms with Gasteiger partial charge >= 0.3 is 0 Å². The van der Waals surface area contributed by atoms with Crippen LogP contribution in [-0.2, 0) is 13.0 Å². The molecule has 1 heterocycles. The van der Waals surface area contributed by atoms with Crippen molar-refractivity contribution < 1.29 is 14.0 Å². The molecule has 0 N–H and O–H groups in total. The monoisotopic (exact) mass is 707 g/mol. The molecule has 2 rings (SSSR count). The van der Waals surface area contributed by atoms with Crippen molar-refractivity contribution >= 4 is 0 Å². The van der Waals surface area contributed by atoms with E-state index in [9.17, 15) is 0 Å². The van der Waals surface area contributed by atoms with E-state index in [0.29, 0.717) is 0 Å². The van der Waals surface area contributed by atoms with Crippen molar-refractivity contribution in [2.45, 2.75) is 227 Å². The second-order valence-corrected chi connectivity index (χ2v) is 15.9. The topological polar surface area (TPSA) is 22.3 Å². The lowest BCUT2D eigenvalue weighted by Crippen LogP contribution is -2.41. The first kappa shape index (κ1) is 45.1. The summed E-state index contributed by atoms with van der Waals surface area (Å²) in [4.78, 5) is 0. The fourth-order valence-electron chi connectivity index (χ4n) is 7.63. The highest BCUT2D eigenvalue weighted by molar-refractivity contribution is 5.43. The van der Waals surface area contributed by atoms with E-state index >= 15 is 0 Å². The Labute approximate surface area is 318 Å². The van der Waals surface area contributed by atoms with Gasteiger partial charge in [0, 0.05) is 32.4 Å². The molecular formula is C48H84NO2+. The molecule has 1 aromatic carbocycles. The van der Waals surface area contributed by atoms with Gasteiger partial charge in [0.25, 0.3) is 0 Å². The Bertz CT molecular complexity index is 1070. The predicted octanol–water partition coefficient (Wildman–Crippen LogP) is 14.9. The van der Waals surface area contributed by atoms with E-state index in [-0.39, 0.29) is 0 Å². The summed E-state index contributed by atoms with van der Waals surface area (Å²) in [5.41, 5.74) is 5.31. The molecule has 3 nitrogen and oxygen atoms in total. The highest BCUT2D eigenvalue weighted by Gasteiger charge is 2.13. The van der Waals surface area contributed by atoms with Crippen LogP contribution in [0.15, 0.2) is 30.3 Å². The minimum absolute atomic E-state index is 0.779. The number of nitrogens with zero attached hydrogens (tertiary/aromatic N) is 1. The molecule has 0 aliphatic heterocycles. The van der Waals surface area contributed by atoms with Gasteiger partial charge in [0.2, 0.25) is 0 Å². The largest absolute Gasteiger partial charge is 0.490 e. The Hall–Kier alpha value is -2.03. The molecule has 0 saturated carbocycles. The van der Waals surface area contributed by atoms with Crippen LogP contribution >= 0.6 is 0 Å². The summed E-state index contributed by atoms with van der Waals surface area (Å²) in [6.45, 7) is 13.8. The molecule has 0 aliphatic carbocycles. The zero-order valence-electron chi connectivity index (χ0n) is 34.8. The van der Waals surface area contributed by atoms with E-state index in [1.54, 1.807) is 0 Å². The third-order valence-corrected chi connectivity index (χ3v) is 10.9. The maximum atomic E-state index is 6.44. The van der Waals surface area contributed by atoms with Crippen molar-refractivity contribution in [3.8, 4) is 11.5 Å². The van der Waals surface area contributed by atoms with Crippen molar-refractivity contribution in [3.05, 3.63) is 52.8 Å². The van der Waals surface area contributed by atoms with Gasteiger partial charge in [-0.3, -0.25) is 0 Å². The van der Waals surface area contributed by atoms with Gasteiger partial charge in [-0.25, -0.2) is 0 Å². The molecule has 0 unspecified atom stereocenters. The number of pyridine rings is 1. The summed E-state index contributed by atoms with van der Waals surface area (Å²) in [5.74, 6) is 1.86. The van der Waals surface area contributed by atoms with Crippen molar-refractivity contribution in [2.24, 2.45) is 0 Å². The number of aromatic nitrogens is 1. The molecule has 0 saturated heterocycles. The Morgan fingerprint density at radius 1 is 0.412 bits per heavy atom. The number of aryl methyl sites for hydroxylation is 4. The fraction of sp³-hybridized carbons (Fsp3) is 0.771. The van der Waals surface area contributed by atoms with Crippen LogP contribution in [0.25, 0.3) is 0 Å². The minimum Gasteiger partial charge on any atom is -0.490 e. The van der Waals surface area contributed by atoms with E-state index in [1.165, 1.54) is 189 Å². The van der Waals surface area contributed by atoms with Crippen LogP contribution in [0.1, 0.15) is 216 Å². The second-order valence-electron chi connectivity index (χ2n) is 15.9. The molecule has 0 radical (unpaired) electrons. The van der Waals surface area contributed by atoms with Gasteiger partial charge in [-0.1, -0.05) is 187 Å². The third-order valence-electron chi connectivity index (χ3n) is 10.9. The summed E-state index contributed by atoms with van der Waals surface area (Å²) >= 11 is 0. The zero-order valence-corrected chi connectivity index (χ0v) is 34.8. The molecule has 0 aliphatic rings. The average Bonchev–Trinajstić information content (AvgIpc) is 3.11. The first-order valence-electron chi connectivity index (χ1n) is 22.4. The van der Waals surface area contributed by atoms with Crippen LogP contribution in [0.4, 0.5) is 0 Å². The molecule has 0 bridgehead atoms. The van der Waals surface area contributed by atoms with Gasteiger partial charge < -0.3 is 9.47 Å². The Kier molecular flexibility index (Phi) is 27.9. The number of rotatable bonds is 35. The Morgan fingerprint density at radius 3 is 1.16 bits per heavy atom. The summed E-state index contributed by atoms with van der Waals surface area (Å²) < 4.78 is 15.2. The normalized spacial score (nSPS) is 11.4. The molecule has 292 valence electrons. The van der Waals surface area contributed by atoms with Gasteiger partial charge in [-0.15, -0.1) is 0 Å². The molecule has 0 amide bonds. The fourth-order valence-corrected chi connectivity index (χ4v) is 7.63. The number of hydrogen-bond acceptors (Lipinski definition) is 2. The third kappa shape index (κ3) is 23.3. The lowest BCUT2D eigenvalue weighted by molar-refractivity contribution is -0.708. The number of unbranched alkanes of at least 4 members (excludes halogenated alkanes) is 26. The molecule has 51 heavy (non-hydrogen) atoms. The van der Waals surface area contributed by atoms with Crippen LogP contribution < -0.4 is 14.0 Å². The van der Waals surface area contributed by atoms with Crippen molar-refractivity contribution in [2.75, 3.05) is 13.2 Å². The lowest BCUT2D eigenvalue weighted by Gasteiger charge is -2.15. The Balaban J connectivity index is 1.68. The first-order chi connectivity index (χ1) is 25.0.